The van der Waals surface area contributed by atoms with Crippen molar-refractivity contribution in [1.82, 2.24) is 9.97 Å². The van der Waals surface area contributed by atoms with Gasteiger partial charge in [-0.3, -0.25) is 10.1 Å². The molecule has 0 aliphatic carbocycles. The Labute approximate surface area is 136 Å². The summed E-state index contributed by atoms with van der Waals surface area (Å²) in [5.74, 6) is 0.640. The highest BCUT2D eigenvalue weighted by Gasteiger charge is 2.27. The van der Waals surface area contributed by atoms with Gasteiger partial charge in [0.05, 0.1) is 5.52 Å². The van der Waals surface area contributed by atoms with E-state index in [9.17, 15) is 9.18 Å². The van der Waals surface area contributed by atoms with E-state index >= 15 is 0 Å². The summed E-state index contributed by atoms with van der Waals surface area (Å²) < 4.78 is 13.7. The van der Waals surface area contributed by atoms with E-state index in [-0.39, 0.29) is 22.6 Å². The summed E-state index contributed by atoms with van der Waals surface area (Å²) in [6.07, 6.45) is 0.973. The number of rotatable bonds is 2. The van der Waals surface area contributed by atoms with Crippen molar-refractivity contribution in [3.05, 3.63) is 59.4 Å². The normalized spacial score (nSPS) is 17.0. The molecule has 1 aliphatic heterocycles. The molecule has 0 radical (unpaired) electrons. The lowest BCUT2D eigenvalue weighted by Gasteiger charge is -2.23. The van der Waals surface area contributed by atoms with Crippen LogP contribution in [0.3, 0.4) is 0 Å². The van der Waals surface area contributed by atoms with Gasteiger partial charge in [0, 0.05) is 0 Å². The number of benzene rings is 2. The van der Waals surface area contributed by atoms with Crippen molar-refractivity contribution in [1.29, 1.82) is 0 Å². The lowest BCUT2D eigenvalue weighted by molar-refractivity contribution is -0.115. The molecule has 1 amide bonds. The molecule has 4 rings (SSSR count). The van der Waals surface area contributed by atoms with Gasteiger partial charge in [-0.25, -0.2) is 9.37 Å². The molecule has 116 valence electrons. The quantitative estimate of drug-likeness (QED) is 0.755. The molecule has 1 atom stereocenters. The second kappa shape index (κ2) is 5.70. The first-order valence-corrected chi connectivity index (χ1v) is 8.42. The number of imidazole rings is 1. The monoisotopic (exact) mass is 327 g/mol. The maximum absolute atomic E-state index is 13.7. The topological polar surface area (TPSA) is 57.8 Å². The van der Waals surface area contributed by atoms with E-state index < -0.39 is 5.82 Å². The zero-order valence-electron chi connectivity index (χ0n) is 12.2. The van der Waals surface area contributed by atoms with Crippen LogP contribution in [0.5, 0.6) is 0 Å². The molecule has 0 saturated heterocycles. The Morgan fingerprint density at radius 3 is 3.00 bits per heavy atom. The molecule has 0 spiro atoms. The van der Waals surface area contributed by atoms with Crippen molar-refractivity contribution in [3.63, 3.8) is 0 Å². The molecule has 6 heteroatoms. The number of nitrogens with zero attached hydrogens (tertiary/aromatic N) is 1. The number of amides is 1. The fourth-order valence-corrected chi connectivity index (χ4v) is 4.04. The average molecular weight is 327 g/mol. The predicted octanol–water partition coefficient (Wildman–Crippen LogP) is 3.67. The average Bonchev–Trinajstić information content (AvgIpc) is 2.98. The molecule has 2 heterocycles. The summed E-state index contributed by atoms with van der Waals surface area (Å²) >= 11 is 1.62. The highest BCUT2D eigenvalue weighted by atomic mass is 32.2. The van der Waals surface area contributed by atoms with Crippen LogP contribution >= 0.6 is 11.8 Å². The highest BCUT2D eigenvalue weighted by Crippen LogP contribution is 2.37. The number of aromatic amines is 1. The van der Waals surface area contributed by atoms with Gasteiger partial charge in [-0.05, 0) is 35.4 Å². The standard InChI is InChI=1S/C17H14FN3OS/c18-12-6-3-7-13-14(12)20-17(19-13)21-16(22)15-11-5-2-1-4-10(11)8-9-23-15/h1-7,15H,8-9H2,(H2,19,20,21,22). The number of aryl methyl sites for hydroxylation is 1. The fourth-order valence-electron chi connectivity index (χ4n) is 2.85. The largest absolute Gasteiger partial charge is 0.324 e. The highest BCUT2D eigenvalue weighted by molar-refractivity contribution is 8.00. The van der Waals surface area contributed by atoms with E-state index in [2.05, 4.69) is 21.4 Å². The number of carbonyl (C=O) groups excluding carboxylic acids is 1. The summed E-state index contributed by atoms with van der Waals surface area (Å²) in [5, 5.41) is 2.51. The van der Waals surface area contributed by atoms with Crippen molar-refractivity contribution >= 4 is 34.7 Å². The Hall–Kier alpha value is -2.34. The lowest BCUT2D eigenvalue weighted by Crippen LogP contribution is -2.23. The molecule has 1 aromatic heterocycles. The first kappa shape index (κ1) is 14.3. The van der Waals surface area contributed by atoms with Gasteiger partial charge in [-0.15, -0.1) is 11.8 Å². The number of aromatic nitrogens is 2. The molecule has 4 nitrogen and oxygen atoms in total. The van der Waals surface area contributed by atoms with E-state index in [0.29, 0.717) is 5.52 Å². The van der Waals surface area contributed by atoms with Crippen molar-refractivity contribution in [2.75, 3.05) is 11.1 Å². The minimum Gasteiger partial charge on any atom is -0.324 e. The fraction of sp³-hybridized carbons (Fsp3) is 0.176. The molecule has 23 heavy (non-hydrogen) atoms. The van der Waals surface area contributed by atoms with E-state index in [1.165, 1.54) is 11.6 Å². The number of nitrogens with one attached hydrogen (secondary N) is 2. The molecular weight excluding hydrogens is 313 g/mol. The van der Waals surface area contributed by atoms with Gasteiger partial charge in [-0.2, -0.15) is 0 Å². The number of para-hydroxylation sites is 1. The second-order valence-corrected chi connectivity index (χ2v) is 6.62. The Morgan fingerprint density at radius 2 is 2.13 bits per heavy atom. The van der Waals surface area contributed by atoms with Crippen molar-refractivity contribution in [3.8, 4) is 0 Å². The Bertz CT molecular complexity index is 892. The summed E-state index contributed by atoms with van der Waals surface area (Å²) in [6, 6.07) is 12.7. The number of fused-ring (bicyclic) bond motifs is 2. The molecule has 0 bridgehead atoms. The minimum absolute atomic E-state index is 0.137. The van der Waals surface area contributed by atoms with Crippen LogP contribution in [0.2, 0.25) is 0 Å². The molecule has 3 aromatic rings. The molecule has 1 unspecified atom stereocenters. The molecule has 0 saturated carbocycles. The van der Waals surface area contributed by atoms with Gasteiger partial charge < -0.3 is 4.98 Å². The lowest BCUT2D eigenvalue weighted by atomic mass is 10.0. The third-order valence-electron chi connectivity index (χ3n) is 3.94. The molecule has 2 aromatic carbocycles. The Kier molecular flexibility index (Phi) is 3.53. The van der Waals surface area contributed by atoms with Gasteiger partial charge in [0.1, 0.15) is 10.8 Å². The first-order chi connectivity index (χ1) is 11.2. The third-order valence-corrected chi connectivity index (χ3v) is 5.18. The van der Waals surface area contributed by atoms with Crippen molar-refractivity contribution in [2.24, 2.45) is 0 Å². The first-order valence-electron chi connectivity index (χ1n) is 7.37. The smallest absolute Gasteiger partial charge is 0.244 e. The van der Waals surface area contributed by atoms with E-state index in [4.69, 9.17) is 0 Å². The van der Waals surface area contributed by atoms with Crippen molar-refractivity contribution < 1.29 is 9.18 Å². The Morgan fingerprint density at radius 1 is 1.26 bits per heavy atom. The van der Waals surface area contributed by atoms with Crippen LogP contribution in [-0.4, -0.2) is 21.6 Å². The predicted molar refractivity (Wildman–Crippen MR) is 90.0 cm³/mol. The third kappa shape index (κ3) is 2.59. The van der Waals surface area contributed by atoms with Gasteiger partial charge in [0.25, 0.3) is 0 Å². The van der Waals surface area contributed by atoms with Crippen LogP contribution in [0.4, 0.5) is 10.3 Å². The van der Waals surface area contributed by atoms with E-state index in [1.807, 2.05) is 18.2 Å². The molecular formula is C17H14FN3OS. The zero-order valence-corrected chi connectivity index (χ0v) is 13.0. The van der Waals surface area contributed by atoms with Gasteiger partial charge in [-0.1, -0.05) is 30.3 Å². The van der Waals surface area contributed by atoms with E-state index in [0.717, 1.165) is 17.7 Å². The van der Waals surface area contributed by atoms with Crippen LogP contribution < -0.4 is 5.32 Å². The Balaban J connectivity index is 1.61. The number of thioether (sulfide) groups is 1. The second-order valence-electron chi connectivity index (χ2n) is 5.41. The summed E-state index contributed by atoms with van der Waals surface area (Å²) in [4.78, 5) is 19.7. The van der Waals surface area contributed by atoms with Crippen LogP contribution in [0, 0.1) is 5.82 Å². The minimum atomic E-state index is -0.406. The summed E-state index contributed by atoms with van der Waals surface area (Å²) in [7, 11) is 0. The number of carbonyl (C=O) groups is 1. The zero-order chi connectivity index (χ0) is 15.8. The SMILES string of the molecule is O=C(Nc1nc2c(F)cccc2[nH]1)C1SCCc2ccccc21. The molecule has 0 fully saturated rings. The molecule has 1 aliphatic rings. The van der Waals surface area contributed by atoms with Crippen LogP contribution in [-0.2, 0) is 11.2 Å². The summed E-state index contributed by atoms with van der Waals surface area (Å²) in [6.45, 7) is 0. The van der Waals surface area contributed by atoms with Crippen molar-refractivity contribution in [2.45, 2.75) is 11.7 Å². The van der Waals surface area contributed by atoms with Gasteiger partial charge in [0.15, 0.2) is 5.82 Å². The van der Waals surface area contributed by atoms with Crippen LogP contribution in [0.25, 0.3) is 11.0 Å². The van der Waals surface area contributed by atoms with Gasteiger partial charge >= 0.3 is 0 Å². The number of H-pyrrole nitrogens is 1. The maximum Gasteiger partial charge on any atom is 0.244 e. The number of hydrogen-bond donors (Lipinski definition) is 2. The van der Waals surface area contributed by atoms with Crippen LogP contribution in [0.15, 0.2) is 42.5 Å². The van der Waals surface area contributed by atoms with E-state index in [1.54, 1.807) is 23.9 Å². The number of anilines is 1. The number of halogens is 1. The molecule has 2 N–H and O–H groups in total. The maximum atomic E-state index is 13.7. The van der Waals surface area contributed by atoms with Crippen LogP contribution in [0.1, 0.15) is 16.4 Å². The summed E-state index contributed by atoms with van der Waals surface area (Å²) in [5.41, 5.74) is 3.06. The number of hydrogen-bond acceptors (Lipinski definition) is 3. The van der Waals surface area contributed by atoms with Gasteiger partial charge in [0.2, 0.25) is 11.9 Å².